The second-order valence-electron chi connectivity index (χ2n) is 6.70. The van der Waals surface area contributed by atoms with Gasteiger partial charge in [-0.2, -0.15) is 5.10 Å². The number of aromatic nitrogens is 6. The Morgan fingerprint density at radius 1 is 1.19 bits per heavy atom. The third-order valence-corrected chi connectivity index (χ3v) is 4.85. The zero-order chi connectivity index (χ0) is 18.4. The number of H-pyrrole nitrogens is 1. The van der Waals surface area contributed by atoms with Crippen molar-refractivity contribution in [3.63, 3.8) is 0 Å². The fourth-order valence-electron chi connectivity index (χ4n) is 3.43. The van der Waals surface area contributed by atoms with Crippen molar-refractivity contribution in [2.45, 2.75) is 5.92 Å². The van der Waals surface area contributed by atoms with E-state index in [1.165, 1.54) is 0 Å². The summed E-state index contributed by atoms with van der Waals surface area (Å²) in [4.78, 5) is 31.0. The highest BCUT2D eigenvalue weighted by Crippen LogP contribution is 2.32. The van der Waals surface area contributed by atoms with Gasteiger partial charge in [0, 0.05) is 50.2 Å². The molecule has 1 aliphatic heterocycles. The summed E-state index contributed by atoms with van der Waals surface area (Å²) in [6, 6.07) is 7.63. The Hall–Kier alpha value is -3.55. The molecule has 1 amide bonds. The zero-order valence-corrected chi connectivity index (χ0v) is 14.7. The number of nitrogens with one attached hydrogen (secondary N) is 1. The average Bonchev–Trinajstić information content (AvgIpc) is 3.27. The standard InChI is InChI=1S/C19H17N7O/c1-25-9-12(8-22-25)16-17(21-7-6-20-16)13-10-26(11-13)19(27)18-23-14-4-2-3-5-15(14)24-18/h2-9,13H,10-11H2,1H3,(H,23,24). The summed E-state index contributed by atoms with van der Waals surface area (Å²) >= 11 is 0. The van der Waals surface area contributed by atoms with Crippen molar-refractivity contribution in [1.82, 2.24) is 34.6 Å². The molecule has 5 rings (SSSR count). The van der Waals surface area contributed by atoms with Gasteiger partial charge >= 0.3 is 0 Å². The summed E-state index contributed by atoms with van der Waals surface area (Å²) in [6.45, 7) is 1.20. The molecule has 0 unspecified atom stereocenters. The molecule has 0 spiro atoms. The largest absolute Gasteiger partial charge is 0.335 e. The smallest absolute Gasteiger partial charge is 0.289 e. The summed E-state index contributed by atoms with van der Waals surface area (Å²) in [5.74, 6) is 0.442. The van der Waals surface area contributed by atoms with Crippen LogP contribution in [0.3, 0.4) is 0 Å². The Bertz CT molecular complexity index is 1110. The number of hydrogen-bond acceptors (Lipinski definition) is 5. The second kappa shape index (κ2) is 6.01. The van der Waals surface area contributed by atoms with Crippen LogP contribution < -0.4 is 0 Å². The number of imidazole rings is 1. The van der Waals surface area contributed by atoms with Crippen LogP contribution in [-0.2, 0) is 7.05 Å². The van der Waals surface area contributed by atoms with E-state index in [0.29, 0.717) is 18.9 Å². The molecule has 1 aliphatic rings. The van der Waals surface area contributed by atoms with Gasteiger partial charge in [0.05, 0.1) is 28.6 Å². The molecule has 4 heterocycles. The summed E-state index contributed by atoms with van der Waals surface area (Å²) in [6.07, 6.45) is 7.08. The Balaban J connectivity index is 1.36. The molecule has 1 N–H and O–H groups in total. The predicted octanol–water partition coefficient (Wildman–Crippen LogP) is 1.99. The number of amides is 1. The lowest BCUT2D eigenvalue weighted by Gasteiger charge is -2.38. The van der Waals surface area contributed by atoms with Crippen LogP contribution in [0.1, 0.15) is 22.2 Å². The molecule has 1 fully saturated rings. The van der Waals surface area contributed by atoms with E-state index in [0.717, 1.165) is 28.0 Å². The lowest BCUT2D eigenvalue weighted by Crippen LogP contribution is -2.49. The number of aromatic amines is 1. The maximum Gasteiger partial charge on any atom is 0.289 e. The number of aryl methyl sites for hydroxylation is 1. The van der Waals surface area contributed by atoms with E-state index in [2.05, 4.69) is 25.0 Å². The maximum absolute atomic E-state index is 12.7. The zero-order valence-electron chi connectivity index (χ0n) is 14.7. The Kier molecular flexibility index (Phi) is 3.49. The van der Waals surface area contributed by atoms with Crippen LogP contribution in [0.2, 0.25) is 0 Å². The molecule has 4 aromatic rings. The Morgan fingerprint density at radius 3 is 2.78 bits per heavy atom. The van der Waals surface area contributed by atoms with Crippen molar-refractivity contribution >= 4 is 16.9 Å². The summed E-state index contributed by atoms with van der Waals surface area (Å²) < 4.78 is 1.74. The summed E-state index contributed by atoms with van der Waals surface area (Å²) in [5, 5.41) is 4.21. The molecule has 3 aromatic heterocycles. The molecule has 0 aliphatic carbocycles. The van der Waals surface area contributed by atoms with Crippen molar-refractivity contribution in [2.75, 3.05) is 13.1 Å². The maximum atomic E-state index is 12.7. The lowest BCUT2D eigenvalue weighted by molar-refractivity contribution is 0.0587. The number of para-hydroxylation sites is 2. The third-order valence-electron chi connectivity index (χ3n) is 4.85. The van der Waals surface area contributed by atoms with Gasteiger partial charge < -0.3 is 9.88 Å². The second-order valence-corrected chi connectivity index (χ2v) is 6.70. The normalized spacial score (nSPS) is 14.5. The molecular formula is C19H17N7O. The average molecular weight is 359 g/mol. The van der Waals surface area contributed by atoms with Crippen molar-refractivity contribution in [3.8, 4) is 11.3 Å². The van der Waals surface area contributed by atoms with Gasteiger partial charge in [-0.25, -0.2) is 4.98 Å². The van der Waals surface area contributed by atoms with E-state index in [1.54, 1.807) is 28.2 Å². The first kappa shape index (κ1) is 15.7. The minimum absolute atomic E-state index is 0.0886. The predicted molar refractivity (Wildman–Crippen MR) is 99.0 cm³/mol. The van der Waals surface area contributed by atoms with Crippen LogP contribution in [0.5, 0.6) is 0 Å². The van der Waals surface area contributed by atoms with E-state index >= 15 is 0 Å². The summed E-state index contributed by atoms with van der Waals surface area (Å²) in [5.41, 5.74) is 4.32. The minimum Gasteiger partial charge on any atom is -0.335 e. The molecule has 1 aromatic carbocycles. The van der Waals surface area contributed by atoms with Crippen LogP contribution in [0, 0.1) is 0 Å². The van der Waals surface area contributed by atoms with Crippen molar-refractivity contribution < 1.29 is 4.79 Å². The molecule has 0 saturated carbocycles. The van der Waals surface area contributed by atoms with Gasteiger partial charge in [0.15, 0.2) is 5.82 Å². The van der Waals surface area contributed by atoms with Gasteiger partial charge in [0.1, 0.15) is 0 Å². The number of fused-ring (bicyclic) bond motifs is 1. The first-order valence-electron chi connectivity index (χ1n) is 8.73. The first-order chi connectivity index (χ1) is 13.2. The van der Waals surface area contributed by atoms with Crippen LogP contribution in [0.25, 0.3) is 22.3 Å². The third kappa shape index (κ3) is 2.66. The Labute approximate surface area is 154 Å². The van der Waals surface area contributed by atoms with E-state index < -0.39 is 0 Å². The highest BCUT2D eigenvalue weighted by atomic mass is 16.2. The number of carbonyl (C=O) groups is 1. The van der Waals surface area contributed by atoms with Crippen LogP contribution in [0.4, 0.5) is 0 Å². The molecule has 1 saturated heterocycles. The highest BCUT2D eigenvalue weighted by Gasteiger charge is 2.36. The molecule has 134 valence electrons. The van der Waals surface area contributed by atoms with E-state index in [4.69, 9.17) is 0 Å². The molecular weight excluding hydrogens is 342 g/mol. The number of nitrogens with zero attached hydrogens (tertiary/aromatic N) is 6. The SMILES string of the molecule is Cn1cc(-c2nccnc2C2CN(C(=O)c3nc4ccccc4[nH]3)C2)cn1. The fraction of sp³-hybridized carbons (Fsp3) is 0.211. The fourth-order valence-corrected chi connectivity index (χ4v) is 3.43. The van der Waals surface area contributed by atoms with Gasteiger partial charge in [0.2, 0.25) is 0 Å². The topological polar surface area (TPSA) is 92.6 Å². The number of hydrogen-bond donors (Lipinski definition) is 1. The number of likely N-dealkylation sites (tertiary alicyclic amines) is 1. The van der Waals surface area contributed by atoms with Crippen LogP contribution in [-0.4, -0.2) is 53.6 Å². The lowest BCUT2D eigenvalue weighted by atomic mass is 9.93. The van der Waals surface area contributed by atoms with Gasteiger partial charge in [0.25, 0.3) is 5.91 Å². The number of carbonyl (C=O) groups excluding carboxylic acids is 1. The molecule has 0 bridgehead atoms. The molecule has 0 atom stereocenters. The minimum atomic E-state index is -0.0886. The van der Waals surface area contributed by atoms with E-state index in [9.17, 15) is 4.79 Å². The Morgan fingerprint density at radius 2 is 2.00 bits per heavy atom. The van der Waals surface area contributed by atoms with Gasteiger partial charge in [-0.15, -0.1) is 0 Å². The quantitative estimate of drug-likeness (QED) is 0.604. The monoisotopic (exact) mass is 359 g/mol. The molecule has 27 heavy (non-hydrogen) atoms. The summed E-state index contributed by atoms with van der Waals surface area (Å²) in [7, 11) is 1.87. The van der Waals surface area contributed by atoms with E-state index in [1.807, 2.05) is 37.5 Å². The van der Waals surface area contributed by atoms with Crippen LogP contribution >= 0.6 is 0 Å². The molecule has 0 radical (unpaired) electrons. The number of rotatable bonds is 3. The van der Waals surface area contributed by atoms with Crippen molar-refractivity contribution in [3.05, 3.63) is 60.6 Å². The molecule has 8 nitrogen and oxygen atoms in total. The van der Waals surface area contributed by atoms with Crippen molar-refractivity contribution in [1.29, 1.82) is 0 Å². The van der Waals surface area contributed by atoms with E-state index in [-0.39, 0.29) is 11.8 Å². The number of benzene rings is 1. The van der Waals surface area contributed by atoms with Gasteiger partial charge in [-0.05, 0) is 12.1 Å². The van der Waals surface area contributed by atoms with Gasteiger partial charge in [-0.3, -0.25) is 19.4 Å². The van der Waals surface area contributed by atoms with Crippen LogP contribution in [0.15, 0.2) is 49.1 Å². The van der Waals surface area contributed by atoms with Crippen molar-refractivity contribution in [2.24, 2.45) is 7.05 Å². The van der Waals surface area contributed by atoms with Gasteiger partial charge in [-0.1, -0.05) is 12.1 Å². The molecule has 8 heteroatoms. The first-order valence-corrected chi connectivity index (χ1v) is 8.73. The highest BCUT2D eigenvalue weighted by molar-refractivity contribution is 5.94.